The van der Waals surface area contributed by atoms with Crippen LogP contribution in [0.25, 0.3) is 0 Å². The van der Waals surface area contributed by atoms with Crippen LogP contribution in [0.1, 0.15) is 5.56 Å². The molecule has 28 heavy (non-hydrogen) atoms. The van der Waals surface area contributed by atoms with Crippen LogP contribution < -0.4 is 10.2 Å². The molecule has 2 aromatic carbocycles. The Bertz CT molecular complexity index is 964. The molecule has 0 aliphatic heterocycles. The molecule has 0 aliphatic rings. The number of halogens is 2. The summed E-state index contributed by atoms with van der Waals surface area (Å²) in [6.07, 6.45) is 0. The lowest BCUT2D eigenvalue weighted by Gasteiger charge is -2.09. The summed E-state index contributed by atoms with van der Waals surface area (Å²) in [4.78, 5) is 29.1. The van der Waals surface area contributed by atoms with Gasteiger partial charge in [0.05, 0.1) is 10.6 Å². The number of esters is 1. The molecule has 2 N–H and O–H groups in total. The standard InChI is InChI=1S/C17H16F2N2O6S/c1-11-2-7-15(14(19)8-11)20-16(22)9-26-17(23)10-27-21-28(24,25)13-5-3-12(18)4-6-13/h2-8,21H,9-10H2,1H3,(H,20,22). The molecule has 11 heteroatoms. The van der Waals surface area contributed by atoms with E-state index < -0.39 is 46.7 Å². The first-order valence-corrected chi connectivity index (χ1v) is 9.26. The number of rotatable bonds is 8. The number of benzene rings is 2. The molecule has 0 saturated heterocycles. The molecule has 0 heterocycles. The van der Waals surface area contributed by atoms with Crippen LogP contribution >= 0.6 is 0 Å². The number of aryl methyl sites for hydroxylation is 1. The zero-order valence-electron chi connectivity index (χ0n) is 14.6. The van der Waals surface area contributed by atoms with Crippen LogP contribution in [0.3, 0.4) is 0 Å². The minimum absolute atomic E-state index is 0.0741. The van der Waals surface area contributed by atoms with Gasteiger partial charge in [0.25, 0.3) is 15.9 Å². The van der Waals surface area contributed by atoms with Gasteiger partial charge in [-0.15, -0.1) is 0 Å². The van der Waals surface area contributed by atoms with E-state index in [1.54, 1.807) is 17.9 Å². The van der Waals surface area contributed by atoms with Gasteiger partial charge in [0, 0.05) is 0 Å². The molecular formula is C17H16F2N2O6S. The zero-order chi connectivity index (χ0) is 20.7. The Hall–Kier alpha value is -2.89. The Kier molecular flexibility index (Phi) is 7.15. The summed E-state index contributed by atoms with van der Waals surface area (Å²) in [6.45, 7) is 0.133. The summed E-state index contributed by atoms with van der Waals surface area (Å²) in [5, 5.41) is 2.23. The Morgan fingerprint density at radius 1 is 1.04 bits per heavy atom. The lowest BCUT2D eigenvalue weighted by atomic mass is 10.2. The van der Waals surface area contributed by atoms with E-state index in [9.17, 15) is 26.8 Å². The van der Waals surface area contributed by atoms with Crippen LogP contribution in [0.5, 0.6) is 0 Å². The molecule has 0 aliphatic carbocycles. The second-order valence-electron chi connectivity index (χ2n) is 5.52. The van der Waals surface area contributed by atoms with Crippen molar-refractivity contribution in [3.05, 3.63) is 59.7 Å². The Balaban J connectivity index is 1.75. The van der Waals surface area contributed by atoms with E-state index in [2.05, 4.69) is 14.9 Å². The lowest BCUT2D eigenvalue weighted by Crippen LogP contribution is -2.29. The molecule has 150 valence electrons. The molecule has 0 radical (unpaired) electrons. The van der Waals surface area contributed by atoms with Gasteiger partial charge in [0.15, 0.2) is 13.2 Å². The largest absolute Gasteiger partial charge is 0.454 e. The number of anilines is 1. The highest BCUT2D eigenvalue weighted by Crippen LogP contribution is 2.15. The first-order chi connectivity index (χ1) is 13.2. The maximum absolute atomic E-state index is 13.6. The van der Waals surface area contributed by atoms with Gasteiger partial charge in [0.2, 0.25) is 0 Å². The first kappa shape index (κ1) is 21.4. The monoisotopic (exact) mass is 414 g/mol. The highest BCUT2D eigenvalue weighted by molar-refractivity contribution is 7.89. The Morgan fingerprint density at radius 3 is 2.36 bits per heavy atom. The topological polar surface area (TPSA) is 111 Å². The van der Waals surface area contributed by atoms with Gasteiger partial charge in [-0.1, -0.05) is 11.0 Å². The molecule has 2 aromatic rings. The predicted octanol–water partition coefficient (Wildman–Crippen LogP) is 1.67. The maximum atomic E-state index is 13.6. The smallest absolute Gasteiger partial charge is 0.334 e. The minimum atomic E-state index is -4.12. The van der Waals surface area contributed by atoms with Crippen LogP contribution in [0.15, 0.2) is 47.4 Å². The van der Waals surface area contributed by atoms with Crippen LogP contribution in [0.2, 0.25) is 0 Å². The van der Waals surface area contributed by atoms with Gasteiger partial charge >= 0.3 is 5.97 Å². The van der Waals surface area contributed by atoms with Gasteiger partial charge in [-0.25, -0.2) is 22.0 Å². The SMILES string of the molecule is Cc1ccc(NC(=O)COC(=O)CONS(=O)(=O)c2ccc(F)cc2)c(F)c1. The molecule has 0 fully saturated rings. The molecule has 2 rings (SSSR count). The number of amides is 1. The van der Waals surface area contributed by atoms with E-state index in [-0.39, 0.29) is 10.6 Å². The second kappa shape index (κ2) is 9.35. The summed E-state index contributed by atoms with van der Waals surface area (Å²) in [5.74, 6) is -3.09. The third-order valence-corrected chi connectivity index (χ3v) is 4.48. The van der Waals surface area contributed by atoms with Crippen LogP contribution in [-0.2, 0) is 29.2 Å². The zero-order valence-corrected chi connectivity index (χ0v) is 15.4. The summed E-state index contributed by atoms with van der Waals surface area (Å²) in [5.41, 5.74) is 0.595. The first-order valence-electron chi connectivity index (χ1n) is 7.78. The maximum Gasteiger partial charge on any atom is 0.334 e. The minimum Gasteiger partial charge on any atom is -0.454 e. The van der Waals surface area contributed by atoms with Gasteiger partial charge in [0.1, 0.15) is 11.6 Å². The van der Waals surface area contributed by atoms with Crippen molar-refractivity contribution >= 4 is 27.6 Å². The average Bonchev–Trinajstić information content (AvgIpc) is 2.62. The molecule has 0 aromatic heterocycles. The van der Waals surface area contributed by atoms with Crippen molar-refractivity contribution in [1.29, 1.82) is 0 Å². The van der Waals surface area contributed by atoms with E-state index in [0.717, 1.165) is 24.3 Å². The summed E-state index contributed by atoms with van der Waals surface area (Å²) < 4.78 is 54.7. The van der Waals surface area contributed by atoms with Crippen molar-refractivity contribution in [2.24, 2.45) is 0 Å². The Labute approximate surface area is 159 Å². The third-order valence-electron chi connectivity index (χ3n) is 3.25. The molecule has 1 amide bonds. The van der Waals surface area contributed by atoms with Crippen LogP contribution in [0.4, 0.5) is 14.5 Å². The summed E-state index contributed by atoms with van der Waals surface area (Å²) in [6, 6.07) is 8.07. The number of nitrogens with one attached hydrogen (secondary N) is 2. The van der Waals surface area contributed by atoms with E-state index in [1.165, 1.54) is 12.1 Å². The summed E-state index contributed by atoms with van der Waals surface area (Å²) >= 11 is 0. The number of sulfonamides is 1. The van der Waals surface area contributed by atoms with E-state index in [0.29, 0.717) is 5.56 Å². The molecular weight excluding hydrogens is 398 g/mol. The van der Waals surface area contributed by atoms with Crippen molar-refractivity contribution in [1.82, 2.24) is 4.89 Å². The number of carbonyl (C=O) groups excluding carboxylic acids is 2. The van der Waals surface area contributed by atoms with Gasteiger partial charge in [-0.2, -0.15) is 0 Å². The number of ether oxygens (including phenoxy) is 1. The quantitative estimate of drug-likeness (QED) is 0.502. The van der Waals surface area contributed by atoms with Crippen LogP contribution in [0, 0.1) is 18.6 Å². The van der Waals surface area contributed by atoms with Crippen LogP contribution in [-0.4, -0.2) is 33.5 Å². The van der Waals surface area contributed by atoms with E-state index >= 15 is 0 Å². The number of carbonyl (C=O) groups is 2. The van der Waals surface area contributed by atoms with E-state index in [1.807, 2.05) is 0 Å². The molecule has 0 unspecified atom stereocenters. The normalized spacial score (nSPS) is 11.1. The number of hydrogen-bond donors (Lipinski definition) is 2. The fraction of sp³-hybridized carbons (Fsp3) is 0.176. The third kappa shape index (κ3) is 6.37. The lowest BCUT2D eigenvalue weighted by molar-refractivity contribution is -0.152. The molecule has 8 nitrogen and oxygen atoms in total. The Morgan fingerprint density at radius 2 is 1.71 bits per heavy atom. The van der Waals surface area contributed by atoms with Crippen molar-refractivity contribution in [2.75, 3.05) is 18.5 Å². The van der Waals surface area contributed by atoms with Crippen molar-refractivity contribution in [3.8, 4) is 0 Å². The molecule has 0 spiro atoms. The van der Waals surface area contributed by atoms with Gasteiger partial charge in [-0.3, -0.25) is 9.63 Å². The van der Waals surface area contributed by atoms with Crippen molar-refractivity contribution in [2.45, 2.75) is 11.8 Å². The second-order valence-corrected chi connectivity index (χ2v) is 7.17. The fourth-order valence-corrected chi connectivity index (χ4v) is 2.73. The van der Waals surface area contributed by atoms with E-state index in [4.69, 9.17) is 0 Å². The molecule has 0 bridgehead atoms. The predicted molar refractivity (Wildman–Crippen MR) is 93.4 cm³/mol. The van der Waals surface area contributed by atoms with Gasteiger partial charge in [-0.05, 0) is 48.9 Å². The highest BCUT2D eigenvalue weighted by atomic mass is 32.2. The fourth-order valence-electron chi connectivity index (χ4n) is 1.92. The molecule has 0 atom stereocenters. The van der Waals surface area contributed by atoms with Crippen molar-refractivity contribution in [3.63, 3.8) is 0 Å². The van der Waals surface area contributed by atoms with Crippen molar-refractivity contribution < 1.29 is 36.4 Å². The highest BCUT2D eigenvalue weighted by Gasteiger charge is 2.16. The average molecular weight is 414 g/mol. The summed E-state index contributed by atoms with van der Waals surface area (Å²) in [7, 11) is -4.12. The number of hydrogen-bond acceptors (Lipinski definition) is 6. The van der Waals surface area contributed by atoms with Gasteiger partial charge < -0.3 is 10.1 Å². The molecule has 0 saturated carbocycles.